The molecule has 0 aliphatic heterocycles. The lowest BCUT2D eigenvalue weighted by atomic mass is 10.2. The van der Waals surface area contributed by atoms with Crippen molar-refractivity contribution in [2.24, 2.45) is 0 Å². The molecule has 0 saturated heterocycles. The number of ether oxygens (including phenoxy) is 2. The van der Waals surface area contributed by atoms with Crippen molar-refractivity contribution in [3.05, 3.63) is 29.8 Å². The molecule has 0 spiro atoms. The zero-order chi connectivity index (χ0) is 12.1. The van der Waals surface area contributed by atoms with E-state index in [0.29, 0.717) is 0 Å². The van der Waals surface area contributed by atoms with Crippen LogP contribution in [0, 0.1) is 0 Å². The van der Waals surface area contributed by atoms with Crippen LogP contribution in [0.1, 0.15) is 24.2 Å². The van der Waals surface area contributed by atoms with Gasteiger partial charge >= 0.3 is 6.16 Å². The second-order valence-electron chi connectivity index (χ2n) is 3.29. The molecule has 4 nitrogen and oxygen atoms in total. The molecule has 16 heavy (non-hydrogen) atoms. The number of para-hydroxylation sites is 1. The third kappa shape index (κ3) is 3.55. The van der Waals surface area contributed by atoms with Gasteiger partial charge in [-0.3, -0.25) is 4.79 Å². The second kappa shape index (κ2) is 5.51. The van der Waals surface area contributed by atoms with Crippen molar-refractivity contribution in [2.75, 3.05) is 0 Å². The standard InChI is InChI=1S/C11H11ClO4/c1-7(2)15-11(14)16-9-6-4-3-5-8(9)10(12)13/h3-7H,1-2H3. The normalized spacial score (nSPS) is 10.0. The zero-order valence-electron chi connectivity index (χ0n) is 8.90. The molecule has 1 aromatic rings. The Morgan fingerprint density at radius 2 is 1.88 bits per heavy atom. The van der Waals surface area contributed by atoms with Gasteiger partial charge in [0.1, 0.15) is 5.75 Å². The van der Waals surface area contributed by atoms with Crippen LogP contribution in [0.5, 0.6) is 5.75 Å². The van der Waals surface area contributed by atoms with Crippen LogP contribution < -0.4 is 4.74 Å². The number of carbonyl (C=O) groups is 2. The van der Waals surface area contributed by atoms with Crippen LogP contribution in [0.15, 0.2) is 24.3 Å². The van der Waals surface area contributed by atoms with Crippen molar-refractivity contribution < 1.29 is 19.1 Å². The van der Waals surface area contributed by atoms with Crippen molar-refractivity contribution in [3.8, 4) is 5.75 Å². The molecule has 0 aliphatic rings. The minimum absolute atomic E-state index is 0.0909. The maximum Gasteiger partial charge on any atom is 0.514 e. The molecule has 0 amide bonds. The van der Waals surface area contributed by atoms with Gasteiger partial charge in [0.15, 0.2) is 0 Å². The number of hydrogen-bond acceptors (Lipinski definition) is 4. The van der Waals surface area contributed by atoms with Crippen LogP contribution >= 0.6 is 11.6 Å². The van der Waals surface area contributed by atoms with Crippen molar-refractivity contribution in [1.29, 1.82) is 0 Å². The van der Waals surface area contributed by atoms with Gasteiger partial charge in [0.2, 0.25) is 0 Å². The summed E-state index contributed by atoms with van der Waals surface area (Å²) in [5.41, 5.74) is 0.130. The Balaban J connectivity index is 2.81. The summed E-state index contributed by atoms with van der Waals surface area (Å²) in [6.45, 7) is 3.39. The lowest BCUT2D eigenvalue weighted by Gasteiger charge is -2.09. The van der Waals surface area contributed by atoms with Gasteiger partial charge in [-0.2, -0.15) is 0 Å². The molecule has 0 saturated carbocycles. The van der Waals surface area contributed by atoms with Crippen LogP contribution in [-0.2, 0) is 4.74 Å². The quantitative estimate of drug-likeness (QED) is 0.465. The summed E-state index contributed by atoms with van der Waals surface area (Å²) in [6, 6.07) is 6.18. The average molecular weight is 243 g/mol. The van der Waals surface area contributed by atoms with Crippen LogP contribution in [0.2, 0.25) is 0 Å². The predicted molar refractivity (Wildman–Crippen MR) is 58.9 cm³/mol. The monoisotopic (exact) mass is 242 g/mol. The molecule has 1 rings (SSSR count). The first-order valence-corrected chi connectivity index (χ1v) is 5.06. The van der Waals surface area contributed by atoms with E-state index in [0.717, 1.165) is 0 Å². The van der Waals surface area contributed by atoms with Crippen molar-refractivity contribution >= 4 is 23.0 Å². The summed E-state index contributed by atoms with van der Waals surface area (Å²) >= 11 is 5.33. The van der Waals surface area contributed by atoms with Gasteiger partial charge in [0.05, 0.1) is 11.7 Å². The lowest BCUT2D eigenvalue weighted by molar-refractivity contribution is 0.0726. The topological polar surface area (TPSA) is 52.6 Å². The molecule has 0 aliphatic carbocycles. The van der Waals surface area contributed by atoms with Gasteiger partial charge in [-0.15, -0.1) is 0 Å². The van der Waals surface area contributed by atoms with Crippen LogP contribution in [0.4, 0.5) is 4.79 Å². The van der Waals surface area contributed by atoms with Gasteiger partial charge in [-0.1, -0.05) is 12.1 Å². The van der Waals surface area contributed by atoms with Crippen molar-refractivity contribution in [3.63, 3.8) is 0 Å². The molecule has 5 heteroatoms. The lowest BCUT2D eigenvalue weighted by Crippen LogP contribution is -2.16. The Hall–Kier alpha value is -1.55. The van der Waals surface area contributed by atoms with Gasteiger partial charge in [0.25, 0.3) is 5.24 Å². The third-order valence-electron chi connectivity index (χ3n) is 1.62. The van der Waals surface area contributed by atoms with E-state index in [9.17, 15) is 9.59 Å². The molecule has 0 atom stereocenters. The molecule has 0 unspecified atom stereocenters. The average Bonchev–Trinajstić information content (AvgIpc) is 2.16. The summed E-state index contributed by atoms with van der Waals surface area (Å²) in [5, 5.41) is -0.687. The third-order valence-corrected chi connectivity index (χ3v) is 1.83. The zero-order valence-corrected chi connectivity index (χ0v) is 9.65. The second-order valence-corrected chi connectivity index (χ2v) is 3.63. The van der Waals surface area contributed by atoms with Crippen molar-refractivity contribution in [1.82, 2.24) is 0 Å². The van der Waals surface area contributed by atoms with Crippen LogP contribution in [0.3, 0.4) is 0 Å². The SMILES string of the molecule is CC(C)OC(=O)Oc1ccccc1C(=O)Cl. The van der Waals surface area contributed by atoms with E-state index in [1.807, 2.05) is 0 Å². The minimum atomic E-state index is -0.861. The van der Waals surface area contributed by atoms with Crippen molar-refractivity contribution in [2.45, 2.75) is 20.0 Å². The fourth-order valence-electron chi connectivity index (χ4n) is 1.02. The van der Waals surface area contributed by atoms with E-state index in [1.54, 1.807) is 26.0 Å². The maximum atomic E-state index is 11.2. The number of rotatable bonds is 3. The Bertz CT molecular complexity index is 401. The summed E-state index contributed by atoms with van der Waals surface area (Å²) in [5.74, 6) is 0.0909. The highest BCUT2D eigenvalue weighted by Crippen LogP contribution is 2.20. The molecule has 0 bridgehead atoms. The Kier molecular flexibility index (Phi) is 4.31. The summed E-state index contributed by atoms with van der Waals surface area (Å²) in [4.78, 5) is 22.2. The van der Waals surface area contributed by atoms with E-state index in [-0.39, 0.29) is 17.4 Å². The predicted octanol–water partition coefficient (Wildman–Crippen LogP) is 2.99. The van der Waals surface area contributed by atoms with E-state index in [2.05, 4.69) is 0 Å². The summed E-state index contributed by atoms with van der Waals surface area (Å²) in [6.07, 6.45) is -1.15. The Labute approximate surface area is 98.1 Å². The molecule has 0 aromatic heterocycles. The van der Waals surface area contributed by atoms with Crippen LogP contribution in [0.25, 0.3) is 0 Å². The Morgan fingerprint density at radius 3 is 2.44 bits per heavy atom. The molecule has 0 N–H and O–H groups in total. The molecule has 0 fully saturated rings. The van der Waals surface area contributed by atoms with Gasteiger partial charge in [-0.05, 0) is 37.6 Å². The fourth-order valence-corrected chi connectivity index (χ4v) is 1.18. The summed E-state index contributed by atoms with van der Waals surface area (Å²) < 4.78 is 9.62. The first kappa shape index (κ1) is 12.5. The first-order chi connectivity index (χ1) is 7.50. The number of hydrogen-bond donors (Lipinski definition) is 0. The van der Waals surface area contributed by atoms with E-state index in [4.69, 9.17) is 21.1 Å². The largest absolute Gasteiger partial charge is 0.514 e. The fraction of sp³-hybridized carbons (Fsp3) is 0.273. The van der Waals surface area contributed by atoms with E-state index in [1.165, 1.54) is 12.1 Å². The van der Waals surface area contributed by atoms with E-state index < -0.39 is 11.4 Å². The maximum absolute atomic E-state index is 11.2. The molecule has 0 heterocycles. The van der Waals surface area contributed by atoms with Gasteiger partial charge in [-0.25, -0.2) is 4.79 Å². The minimum Gasteiger partial charge on any atom is -0.431 e. The highest BCUT2D eigenvalue weighted by atomic mass is 35.5. The summed E-state index contributed by atoms with van der Waals surface area (Å²) in [7, 11) is 0. The number of halogens is 1. The number of benzene rings is 1. The van der Waals surface area contributed by atoms with E-state index >= 15 is 0 Å². The molecule has 86 valence electrons. The number of carbonyl (C=O) groups excluding carboxylic acids is 2. The highest BCUT2D eigenvalue weighted by molar-refractivity contribution is 6.68. The Morgan fingerprint density at radius 1 is 1.25 bits per heavy atom. The van der Waals surface area contributed by atoms with Gasteiger partial charge in [0, 0.05) is 0 Å². The first-order valence-electron chi connectivity index (χ1n) is 4.68. The molecular weight excluding hydrogens is 232 g/mol. The molecular formula is C11H11ClO4. The highest BCUT2D eigenvalue weighted by Gasteiger charge is 2.14. The van der Waals surface area contributed by atoms with Gasteiger partial charge < -0.3 is 9.47 Å². The molecule has 0 radical (unpaired) electrons. The van der Waals surface area contributed by atoms with Crippen LogP contribution in [-0.4, -0.2) is 17.5 Å². The molecule has 1 aromatic carbocycles. The smallest absolute Gasteiger partial charge is 0.431 e.